The van der Waals surface area contributed by atoms with E-state index in [1.54, 1.807) is 0 Å². The summed E-state index contributed by atoms with van der Waals surface area (Å²) in [7, 11) is 1.40. The number of benzene rings is 1. The Morgan fingerprint density at radius 3 is 2.57 bits per heavy atom. The first kappa shape index (κ1) is 17.3. The maximum Gasteiger partial charge on any atom is 0.416 e. The molecule has 0 spiro atoms. The molecule has 0 radical (unpaired) electrons. The van der Waals surface area contributed by atoms with Crippen molar-refractivity contribution < 1.29 is 32.6 Å². The van der Waals surface area contributed by atoms with Crippen LogP contribution in [0.25, 0.3) is 0 Å². The first-order valence-electron chi connectivity index (χ1n) is 6.94. The van der Waals surface area contributed by atoms with Gasteiger partial charge in [-0.1, -0.05) is 18.2 Å². The Labute approximate surface area is 130 Å². The molecule has 1 aliphatic rings. The van der Waals surface area contributed by atoms with Crippen LogP contribution in [0.15, 0.2) is 24.3 Å². The van der Waals surface area contributed by atoms with E-state index in [0.717, 1.165) is 11.0 Å². The molecule has 2 atom stereocenters. The van der Waals surface area contributed by atoms with Gasteiger partial charge in [-0.15, -0.1) is 0 Å². The topological polar surface area (TPSA) is 66.8 Å². The summed E-state index contributed by atoms with van der Waals surface area (Å²) in [5.74, 6) is -1.85. The first-order valence-corrected chi connectivity index (χ1v) is 6.94. The summed E-state index contributed by atoms with van der Waals surface area (Å²) in [6, 6.07) is 3.70. The molecule has 1 heterocycles. The third-order valence-electron chi connectivity index (χ3n) is 3.87. The summed E-state index contributed by atoms with van der Waals surface area (Å²) < 4.78 is 43.9. The van der Waals surface area contributed by atoms with Gasteiger partial charge in [-0.25, -0.2) is 4.79 Å². The van der Waals surface area contributed by atoms with Gasteiger partial charge in [0.2, 0.25) is 5.91 Å². The number of carboxylic acids is 1. The molecule has 2 rings (SSSR count). The van der Waals surface area contributed by atoms with Crippen molar-refractivity contribution >= 4 is 11.9 Å². The quantitative estimate of drug-likeness (QED) is 0.916. The lowest BCUT2D eigenvalue weighted by molar-refractivity contribution is -0.148. The van der Waals surface area contributed by atoms with Gasteiger partial charge in [0.15, 0.2) is 0 Å². The Morgan fingerprint density at radius 2 is 2.00 bits per heavy atom. The lowest BCUT2D eigenvalue weighted by Gasteiger charge is -2.22. The summed E-state index contributed by atoms with van der Waals surface area (Å²) in [4.78, 5) is 24.6. The van der Waals surface area contributed by atoms with Crippen molar-refractivity contribution in [3.63, 3.8) is 0 Å². The highest BCUT2D eigenvalue weighted by Gasteiger charge is 2.40. The van der Waals surface area contributed by atoms with Crippen molar-refractivity contribution in [1.82, 2.24) is 4.90 Å². The minimum absolute atomic E-state index is 0.0560. The first-order chi connectivity index (χ1) is 10.7. The zero-order chi connectivity index (χ0) is 17.2. The van der Waals surface area contributed by atoms with Crippen LogP contribution in [0, 0.1) is 0 Å². The third kappa shape index (κ3) is 3.82. The number of aliphatic carboxylic acids is 1. The van der Waals surface area contributed by atoms with Gasteiger partial charge in [-0.05, 0) is 11.6 Å². The van der Waals surface area contributed by atoms with Crippen molar-refractivity contribution in [3.05, 3.63) is 35.4 Å². The summed E-state index contributed by atoms with van der Waals surface area (Å²) >= 11 is 0. The van der Waals surface area contributed by atoms with Crippen molar-refractivity contribution in [2.24, 2.45) is 0 Å². The van der Waals surface area contributed by atoms with E-state index in [9.17, 15) is 22.8 Å². The number of nitrogens with zero attached hydrogens (tertiary/aromatic N) is 1. The summed E-state index contributed by atoms with van der Waals surface area (Å²) in [6.45, 7) is 0.0560. The van der Waals surface area contributed by atoms with E-state index in [-0.39, 0.29) is 18.5 Å². The Morgan fingerprint density at radius 1 is 1.35 bits per heavy atom. The van der Waals surface area contributed by atoms with Gasteiger partial charge >= 0.3 is 12.1 Å². The zero-order valence-corrected chi connectivity index (χ0v) is 12.3. The second-order valence-corrected chi connectivity index (χ2v) is 5.33. The standard InChI is InChI=1S/C15H16F3NO4/c1-23-10-7-12(14(21)22)19(8-10)13(20)6-9-4-2-3-5-11(9)15(16,17)18/h2-5,10,12H,6-8H2,1H3,(H,21,22). The molecule has 0 aliphatic carbocycles. The predicted molar refractivity (Wildman–Crippen MR) is 73.7 cm³/mol. The van der Waals surface area contributed by atoms with E-state index in [2.05, 4.69) is 0 Å². The molecule has 5 nitrogen and oxygen atoms in total. The van der Waals surface area contributed by atoms with Gasteiger partial charge < -0.3 is 14.7 Å². The number of methoxy groups -OCH3 is 1. The molecule has 1 saturated heterocycles. The molecule has 1 aromatic carbocycles. The lowest BCUT2D eigenvalue weighted by atomic mass is 10.0. The molecule has 126 valence electrons. The summed E-state index contributed by atoms with van der Waals surface area (Å²) in [5, 5.41) is 9.17. The van der Waals surface area contributed by atoms with Gasteiger partial charge in [-0.2, -0.15) is 13.2 Å². The molecular formula is C15H16F3NO4. The normalized spacial score (nSPS) is 21.5. The molecule has 2 unspecified atom stereocenters. The monoisotopic (exact) mass is 331 g/mol. The van der Waals surface area contributed by atoms with Crippen LogP contribution in [0.1, 0.15) is 17.5 Å². The van der Waals surface area contributed by atoms with Gasteiger partial charge in [0.05, 0.1) is 18.1 Å². The van der Waals surface area contributed by atoms with Crippen LogP contribution in [0.2, 0.25) is 0 Å². The molecule has 23 heavy (non-hydrogen) atoms. The highest BCUT2D eigenvalue weighted by atomic mass is 19.4. The summed E-state index contributed by atoms with van der Waals surface area (Å²) in [5.41, 5.74) is -1.06. The molecule has 0 bridgehead atoms. The molecule has 1 aromatic rings. The van der Waals surface area contributed by atoms with Crippen LogP contribution < -0.4 is 0 Å². The number of carbonyl (C=O) groups is 2. The fourth-order valence-corrected chi connectivity index (χ4v) is 2.69. The third-order valence-corrected chi connectivity index (χ3v) is 3.87. The van der Waals surface area contributed by atoms with Crippen LogP contribution >= 0.6 is 0 Å². The number of rotatable bonds is 4. The van der Waals surface area contributed by atoms with Crippen LogP contribution in [-0.4, -0.2) is 47.7 Å². The van der Waals surface area contributed by atoms with E-state index in [1.165, 1.54) is 25.3 Å². The van der Waals surface area contributed by atoms with Gasteiger partial charge in [-0.3, -0.25) is 4.79 Å². The number of hydrogen-bond acceptors (Lipinski definition) is 3. The number of alkyl halides is 3. The molecule has 0 aromatic heterocycles. The largest absolute Gasteiger partial charge is 0.480 e. The average molecular weight is 331 g/mol. The van der Waals surface area contributed by atoms with E-state index in [0.29, 0.717) is 0 Å². The van der Waals surface area contributed by atoms with E-state index in [4.69, 9.17) is 9.84 Å². The van der Waals surface area contributed by atoms with Crippen LogP contribution in [-0.2, 0) is 26.9 Å². The SMILES string of the molecule is COC1CC(C(=O)O)N(C(=O)Cc2ccccc2C(F)(F)F)C1. The molecule has 1 aliphatic heterocycles. The van der Waals surface area contributed by atoms with E-state index < -0.39 is 42.2 Å². The minimum Gasteiger partial charge on any atom is -0.480 e. The fourth-order valence-electron chi connectivity index (χ4n) is 2.69. The van der Waals surface area contributed by atoms with Gasteiger partial charge in [0.25, 0.3) is 0 Å². The summed E-state index contributed by atoms with van der Waals surface area (Å²) in [6.07, 6.45) is -5.38. The minimum atomic E-state index is -4.57. The van der Waals surface area contributed by atoms with Crippen molar-refractivity contribution in [3.8, 4) is 0 Å². The molecule has 1 amide bonds. The van der Waals surface area contributed by atoms with Crippen LogP contribution in [0.5, 0.6) is 0 Å². The van der Waals surface area contributed by atoms with E-state index >= 15 is 0 Å². The highest BCUT2D eigenvalue weighted by molar-refractivity contribution is 5.86. The molecule has 1 fully saturated rings. The smallest absolute Gasteiger partial charge is 0.416 e. The number of carboxylic acid groups (broad SMARTS) is 1. The highest BCUT2D eigenvalue weighted by Crippen LogP contribution is 2.32. The number of halogens is 3. The average Bonchev–Trinajstić information content (AvgIpc) is 2.91. The Balaban J connectivity index is 2.21. The maximum absolute atomic E-state index is 13.0. The molecule has 0 saturated carbocycles. The van der Waals surface area contributed by atoms with E-state index in [1.807, 2.05) is 0 Å². The molecule has 8 heteroatoms. The number of carbonyl (C=O) groups excluding carboxylic acids is 1. The number of amides is 1. The predicted octanol–water partition coefficient (Wildman–Crippen LogP) is 1.95. The number of likely N-dealkylation sites (tertiary alicyclic amines) is 1. The molecule has 1 N–H and O–H groups in total. The van der Waals surface area contributed by atoms with Crippen molar-refractivity contribution in [2.75, 3.05) is 13.7 Å². The van der Waals surface area contributed by atoms with Crippen LogP contribution in [0.4, 0.5) is 13.2 Å². The van der Waals surface area contributed by atoms with Crippen molar-refractivity contribution in [2.45, 2.75) is 31.2 Å². The number of ether oxygens (including phenoxy) is 1. The van der Waals surface area contributed by atoms with Gasteiger partial charge in [0, 0.05) is 20.1 Å². The lowest BCUT2D eigenvalue weighted by Crippen LogP contribution is -2.41. The Bertz CT molecular complexity index is 603. The second-order valence-electron chi connectivity index (χ2n) is 5.33. The zero-order valence-electron chi connectivity index (χ0n) is 12.3. The maximum atomic E-state index is 13.0. The molecular weight excluding hydrogens is 315 g/mol. The Hall–Kier alpha value is -2.09. The van der Waals surface area contributed by atoms with Crippen molar-refractivity contribution in [1.29, 1.82) is 0 Å². The number of hydrogen-bond donors (Lipinski definition) is 1. The van der Waals surface area contributed by atoms with Crippen LogP contribution in [0.3, 0.4) is 0 Å². The van der Waals surface area contributed by atoms with Gasteiger partial charge in [0.1, 0.15) is 6.04 Å². The second kappa shape index (κ2) is 6.57. The Kier molecular flexibility index (Phi) is 4.93. The fraction of sp³-hybridized carbons (Fsp3) is 0.467.